The van der Waals surface area contributed by atoms with E-state index >= 15 is 0 Å². The Morgan fingerprint density at radius 2 is 1.59 bits per heavy atom. The molecule has 0 bridgehead atoms. The lowest BCUT2D eigenvalue weighted by Gasteiger charge is -2.25. The van der Waals surface area contributed by atoms with Gasteiger partial charge in [-0.1, -0.05) is 60.2 Å². The molecule has 0 saturated heterocycles. The molecule has 1 fully saturated rings. The number of nitrogens with two attached hydrogens (primary N) is 1. The van der Waals surface area contributed by atoms with Gasteiger partial charge in [0.15, 0.2) is 0 Å². The molecule has 2 aromatic carbocycles. The minimum Gasteiger partial charge on any atom is -0.393 e. The Morgan fingerprint density at radius 1 is 0.963 bits per heavy atom. The molecule has 27 heavy (non-hydrogen) atoms. The molecule has 1 saturated carbocycles. The molecule has 0 spiro atoms. The predicted octanol–water partition coefficient (Wildman–Crippen LogP) is 2.33. The summed E-state index contributed by atoms with van der Waals surface area (Å²) >= 11 is 0. The molecule has 0 unspecified atom stereocenters. The van der Waals surface area contributed by atoms with Crippen molar-refractivity contribution in [1.82, 2.24) is 0 Å². The molecule has 4 heteroatoms. The standard InChI is InChI=1S/C23H31NO3/c1-17-7-9-19(10-8-17)23(18-5-3-2-4-6-18)27-16-22(26)15-24-20-11-13-21(25)14-12-20/h2-10,20-26H,11-16H2,1H3/p+1/t20?,21?,22-,23+/m0/s1. The van der Waals surface area contributed by atoms with Gasteiger partial charge < -0.3 is 20.3 Å². The largest absolute Gasteiger partial charge is 0.393 e. The number of quaternary nitrogens is 1. The van der Waals surface area contributed by atoms with Gasteiger partial charge in [-0.25, -0.2) is 0 Å². The van der Waals surface area contributed by atoms with Gasteiger partial charge in [-0.15, -0.1) is 0 Å². The molecular weight excluding hydrogens is 338 g/mol. The Morgan fingerprint density at radius 3 is 2.26 bits per heavy atom. The smallest absolute Gasteiger partial charge is 0.126 e. The van der Waals surface area contributed by atoms with E-state index in [1.807, 2.05) is 18.2 Å². The monoisotopic (exact) mass is 370 g/mol. The van der Waals surface area contributed by atoms with Gasteiger partial charge in [0.2, 0.25) is 0 Å². The molecule has 0 amide bonds. The Labute approximate surface area is 162 Å². The van der Waals surface area contributed by atoms with E-state index in [-0.39, 0.29) is 12.2 Å². The van der Waals surface area contributed by atoms with Crippen molar-refractivity contribution in [3.8, 4) is 0 Å². The number of benzene rings is 2. The summed E-state index contributed by atoms with van der Waals surface area (Å²) in [6, 6.07) is 19.0. The lowest BCUT2D eigenvalue weighted by Crippen LogP contribution is -2.92. The van der Waals surface area contributed by atoms with Crippen molar-refractivity contribution in [2.45, 2.75) is 57.0 Å². The maximum absolute atomic E-state index is 10.4. The first-order chi connectivity index (χ1) is 13.1. The van der Waals surface area contributed by atoms with Gasteiger partial charge in [-0.3, -0.25) is 0 Å². The Kier molecular flexibility index (Phi) is 7.41. The number of hydrogen-bond acceptors (Lipinski definition) is 3. The third kappa shape index (κ3) is 6.15. The van der Waals surface area contributed by atoms with Crippen molar-refractivity contribution in [2.24, 2.45) is 0 Å². The van der Waals surface area contributed by atoms with Crippen molar-refractivity contribution < 1.29 is 20.3 Å². The normalized spacial score (nSPS) is 22.3. The second-order valence-corrected chi connectivity index (χ2v) is 7.73. The van der Waals surface area contributed by atoms with E-state index in [9.17, 15) is 10.2 Å². The molecule has 1 aliphatic rings. The molecule has 0 aromatic heterocycles. The Bertz CT molecular complexity index is 666. The van der Waals surface area contributed by atoms with E-state index in [0.29, 0.717) is 19.2 Å². The zero-order valence-corrected chi connectivity index (χ0v) is 16.1. The summed E-state index contributed by atoms with van der Waals surface area (Å²) in [5, 5.41) is 22.2. The predicted molar refractivity (Wildman–Crippen MR) is 106 cm³/mol. The highest BCUT2D eigenvalue weighted by atomic mass is 16.5. The minimum atomic E-state index is -0.506. The van der Waals surface area contributed by atoms with Gasteiger partial charge in [-0.05, 0) is 30.9 Å². The summed E-state index contributed by atoms with van der Waals surface area (Å²) in [5.41, 5.74) is 3.42. The van der Waals surface area contributed by atoms with Crippen LogP contribution >= 0.6 is 0 Å². The molecule has 4 nitrogen and oxygen atoms in total. The van der Waals surface area contributed by atoms with Crippen LogP contribution in [0.3, 0.4) is 0 Å². The van der Waals surface area contributed by atoms with E-state index in [1.54, 1.807) is 0 Å². The van der Waals surface area contributed by atoms with Crippen molar-refractivity contribution in [2.75, 3.05) is 13.2 Å². The van der Waals surface area contributed by atoms with Gasteiger partial charge in [-0.2, -0.15) is 0 Å². The zero-order chi connectivity index (χ0) is 19.1. The third-order valence-electron chi connectivity index (χ3n) is 5.42. The SMILES string of the molecule is Cc1ccc([C@H](OC[C@@H](O)C[NH2+]C2CCC(O)CC2)c2ccccc2)cc1. The lowest BCUT2D eigenvalue weighted by atomic mass is 9.93. The summed E-state index contributed by atoms with van der Waals surface area (Å²) in [6.45, 7) is 3.02. The molecule has 3 rings (SSSR count). The summed E-state index contributed by atoms with van der Waals surface area (Å²) in [7, 11) is 0. The van der Waals surface area contributed by atoms with E-state index < -0.39 is 6.10 Å². The maximum Gasteiger partial charge on any atom is 0.126 e. The number of aliphatic hydroxyl groups is 2. The molecule has 2 aromatic rings. The first-order valence-corrected chi connectivity index (χ1v) is 10.0. The average Bonchev–Trinajstić information content (AvgIpc) is 2.70. The van der Waals surface area contributed by atoms with E-state index in [0.717, 1.165) is 36.8 Å². The van der Waals surface area contributed by atoms with Crippen LogP contribution in [0.4, 0.5) is 0 Å². The number of hydrogen-bond donors (Lipinski definition) is 3. The van der Waals surface area contributed by atoms with Crippen LogP contribution in [-0.2, 0) is 4.74 Å². The van der Waals surface area contributed by atoms with Crippen LogP contribution in [0.25, 0.3) is 0 Å². The van der Waals surface area contributed by atoms with Crippen LogP contribution in [0.15, 0.2) is 54.6 Å². The number of aliphatic hydroxyl groups excluding tert-OH is 2. The van der Waals surface area contributed by atoms with Gasteiger partial charge in [0.1, 0.15) is 18.8 Å². The van der Waals surface area contributed by atoms with E-state index in [1.165, 1.54) is 5.56 Å². The summed E-state index contributed by atoms with van der Waals surface area (Å²) in [6.07, 6.45) is 2.97. The van der Waals surface area contributed by atoms with Crippen molar-refractivity contribution >= 4 is 0 Å². The van der Waals surface area contributed by atoms with Gasteiger partial charge in [0.05, 0.1) is 18.8 Å². The Hall–Kier alpha value is -1.72. The van der Waals surface area contributed by atoms with Crippen molar-refractivity contribution in [1.29, 1.82) is 0 Å². The highest BCUT2D eigenvalue weighted by Crippen LogP contribution is 2.26. The second-order valence-electron chi connectivity index (χ2n) is 7.73. The zero-order valence-electron chi connectivity index (χ0n) is 16.1. The van der Waals surface area contributed by atoms with Crippen LogP contribution in [-0.4, -0.2) is 41.6 Å². The summed E-state index contributed by atoms with van der Waals surface area (Å²) < 4.78 is 6.16. The van der Waals surface area contributed by atoms with Gasteiger partial charge >= 0.3 is 0 Å². The van der Waals surface area contributed by atoms with E-state index in [4.69, 9.17) is 4.74 Å². The molecule has 0 radical (unpaired) electrons. The lowest BCUT2D eigenvalue weighted by molar-refractivity contribution is -0.697. The molecular formula is C23H32NO3+. The maximum atomic E-state index is 10.4. The van der Waals surface area contributed by atoms with Crippen molar-refractivity contribution in [3.63, 3.8) is 0 Å². The minimum absolute atomic E-state index is 0.135. The highest BCUT2D eigenvalue weighted by molar-refractivity contribution is 5.31. The number of ether oxygens (including phenoxy) is 1. The molecule has 0 aliphatic heterocycles. The average molecular weight is 371 g/mol. The first kappa shape index (κ1) is 20.0. The van der Waals surface area contributed by atoms with Crippen molar-refractivity contribution in [3.05, 3.63) is 71.3 Å². The fourth-order valence-electron chi connectivity index (χ4n) is 3.72. The van der Waals surface area contributed by atoms with Crippen LogP contribution in [0.5, 0.6) is 0 Å². The van der Waals surface area contributed by atoms with Crippen LogP contribution in [0.1, 0.15) is 48.5 Å². The molecule has 1 aliphatic carbocycles. The van der Waals surface area contributed by atoms with E-state index in [2.05, 4.69) is 48.6 Å². The van der Waals surface area contributed by atoms with Gasteiger partial charge in [0, 0.05) is 12.8 Å². The van der Waals surface area contributed by atoms with Crippen LogP contribution in [0, 0.1) is 6.92 Å². The summed E-state index contributed by atoms with van der Waals surface area (Å²) in [5.74, 6) is 0. The number of aryl methyl sites for hydroxylation is 1. The molecule has 146 valence electrons. The Balaban J connectivity index is 1.55. The first-order valence-electron chi connectivity index (χ1n) is 10.0. The van der Waals surface area contributed by atoms with Gasteiger partial charge in [0.25, 0.3) is 0 Å². The highest BCUT2D eigenvalue weighted by Gasteiger charge is 2.23. The van der Waals surface area contributed by atoms with Crippen LogP contribution in [0.2, 0.25) is 0 Å². The summed E-state index contributed by atoms with van der Waals surface area (Å²) in [4.78, 5) is 0. The van der Waals surface area contributed by atoms with Crippen LogP contribution < -0.4 is 5.32 Å². The fraction of sp³-hybridized carbons (Fsp3) is 0.478. The molecule has 0 heterocycles. The number of rotatable bonds is 8. The topological polar surface area (TPSA) is 66.3 Å². The quantitative estimate of drug-likeness (QED) is 0.668. The fourth-order valence-corrected chi connectivity index (χ4v) is 3.72. The molecule has 4 N–H and O–H groups in total. The second kappa shape index (κ2) is 10.00. The molecule has 2 atom stereocenters. The third-order valence-corrected chi connectivity index (χ3v) is 5.42.